The van der Waals surface area contributed by atoms with Crippen molar-refractivity contribution in [1.82, 2.24) is 0 Å². The summed E-state index contributed by atoms with van der Waals surface area (Å²) >= 11 is 0. The average Bonchev–Trinajstić information content (AvgIpc) is 2.95. The van der Waals surface area contributed by atoms with Gasteiger partial charge in [-0.2, -0.15) is 0 Å². The number of methoxy groups -OCH3 is 1. The van der Waals surface area contributed by atoms with E-state index in [4.69, 9.17) is 23.7 Å². The number of benzene rings is 3. The first-order valence-corrected chi connectivity index (χ1v) is 12.5. The first-order valence-electron chi connectivity index (χ1n) is 12.5. The van der Waals surface area contributed by atoms with Gasteiger partial charge in [-0.15, -0.1) is 0 Å². The molecule has 0 bridgehead atoms. The smallest absolute Gasteiger partial charge is 0.308 e. The molecule has 3 aromatic rings. The second kappa shape index (κ2) is 14.0. The summed E-state index contributed by atoms with van der Waals surface area (Å²) in [7, 11) is 1.34. The second-order valence-electron chi connectivity index (χ2n) is 8.96. The number of aliphatic hydroxyl groups excluding tert-OH is 1. The molecule has 3 aromatic carbocycles. The topological polar surface area (TPSA) is 83.5 Å². The van der Waals surface area contributed by atoms with Crippen LogP contribution in [0.2, 0.25) is 0 Å². The molecule has 1 fully saturated rings. The van der Waals surface area contributed by atoms with E-state index < -0.39 is 36.5 Å². The van der Waals surface area contributed by atoms with Gasteiger partial charge in [-0.3, -0.25) is 4.79 Å². The maximum Gasteiger partial charge on any atom is 0.308 e. The van der Waals surface area contributed by atoms with E-state index in [0.717, 1.165) is 16.7 Å². The summed E-state index contributed by atoms with van der Waals surface area (Å²) in [5.41, 5.74) is 2.95. The number of rotatable bonds is 12. The van der Waals surface area contributed by atoms with E-state index >= 15 is 0 Å². The molecular formula is C30H34O7. The minimum absolute atomic E-state index is 0.0386. The Morgan fingerprint density at radius 1 is 0.676 bits per heavy atom. The van der Waals surface area contributed by atoms with E-state index in [0.29, 0.717) is 19.8 Å². The average molecular weight is 507 g/mol. The summed E-state index contributed by atoms with van der Waals surface area (Å²) in [6.07, 6.45) is -3.34. The number of aliphatic hydroxyl groups is 1. The largest absolute Gasteiger partial charge is 0.469 e. The van der Waals surface area contributed by atoms with Crippen molar-refractivity contribution in [3.8, 4) is 0 Å². The van der Waals surface area contributed by atoms with Gasteiger partial charge in [0.25, 0.3) is 0 Å². The predicted molar refractivity (Wildman–Crippen MR) is 137 cm³/mol. The van der Waals surface area contributed by atoms with E-state index in [1.807, 2.05) is 91.0 Å². The summed E-state index contributed by atoms with van der Waals surface area (Å²) in [5, 5.41) is 10.2. The third kappa shape index (κ3) is 7.71. The van der Waals surface area contributed by atoms with E-state index in [-0.39, 0.29) is 13.0 Å². The first kappa shape index (κ1) is 27.0. The van der Waals surface area contributed by atoms with Crippen LogP contribution in [-0.4, -0.2) is 55.3 Å². The van der Waals surface area contributed by atoms with Gasteiger partial charge in [-0.05, 0) is 16.7 Å². The van der Waals surface area contributed by atoms with Gasteiger partial charge in [-0.25, -0.2) is 0 Å². The summed E-state index contributed by atoms with van der Waals surface area (Å²) in [5.74, 6) is -0.430. The molecule has 1 saturated heterocycles. The molecule has 5 atom stereocenters. The third-order valence-corrected chi connectivity index (χ3v) is 6.36. The Balaban J connectivity index is 1.61. The number of ether oxygens (including phenoxy) is 5. The molecule has 1 N–H and O–H groups in total. The number of carbonyl (C=O) groups excluding carboxylic acids is 1. The number of hydrogen-bond acceptors (Lipinski definition) is 7. The summed E-state index contributed by atoms with van der Waals surface area (Å²) in [6.45, 7) is 0.620. The van der Waals surface area contributed by atoms with Crippen LogP contribution in [0.25, 0.3) is 0 Å². The van der Waals surface area contributed by atoms with Gasteiger partial charge in [0.1, 0.15) is 24.4 Å². The minimum Gasteiger partial charge on any atom is -0.469 e. The Hall–Kier alpha value is -3.07. The maximum atomic E-state index is 12.3. The Labute approximate surface area is 217 Å². The van der Waals surface area contributed by atoms with Crippen molar-refractivity contribution in [3.05, 3.63) is 108 Å². The summed E-state index contributed by atoms with van der Waals surface area (Å²) < 4.78 is 30.3. The van der Waals surface area contributed by atoms with Crippen LogP contribution in [0.5, 0.6) is 0 Å². The molecule has 7 nitrogen and oxygen atoms in total. The lowest BCUT2D eigenvalue weighted by Gasteiger charge is -2.45. The maximum absolute atomic E-state index is 12.3. The van der Waals surface area contributed by atoms with Gasteiger partial charge in [0.2, 0.25) is 0 Å². The SMILES string of the molecule is COC(=O)C[C@@H]1O[C@H](CO)[C@@H](OCc2ccccc2)[C@H](OCc2ccccc2)[C@H]1OCc1ccccc1. The van der Waals surface area contributed by atoms with Crippen LogP contribution in [0.15, 0.2) is 91.0 Å². The molecule has 0 aromatic heterocycles. The molecule has 1 aliphatic rings. The molecule has 37 heavy (non-hydrogen) atoms. The standard InChI is InChI=1S/C30H34O7/c1-33-27(32)17-25-28(34-19-22-11-5-2-6-12-22)30(36-21-24-15-9-4-10-16-24)29(26(18-31)37-25)35-20-23-13-7-3-8-14-23/h2-16,25-26,28-31H,17-21H2,1H3/t25-,26+,28-,29+,30+/m0/s1. The minimum atomic E-state index is -0.712. The molecule has 0 aliphatic carbocycles. The van der Waals surface area contributed by atoms with Crippen LogP contribution in [0.4, 0.5) is 0 Å². The molecule has 0 spiro atoms. The fourth-order valence-corrected chi connectivity index (χ4v) is 4.44. The molecule has 0 saturated carbocycles. The molecule has 0 unspecified atom stereocenters. The van der Waals surface area contributed by atoms with Crippen LogP contribution in [0.3, 0.4) is 0 Å². The zero-order valence-electron chi connectivity index (χ0n) is 21.0. The highest BCUT2D eigenvalue weighted by Gasteiger charge is 2.48. The molecular weight excluding hydrogens is 472 g/mol. The fourth-order valence-electron chi connectivity index (χ4n) is 4.44. The highest BCUT2D eigenvalue weighted by Crippen LogP contribution is 2.32. The van der Waals surface area contributed by atoms with E-state index in [9.17, 15) is 9.90 Å². The number of esters is 1. The Morgan fingerprint density at radius 2 is 1.08 bits per heavy atom. The van der Waals surface area contributed by atoms with Crippen LogP contribution in [0.1, 0.15) is 23.1 Å². The summed E-state index contributed by atoms with van der Waals surface area (Å²) in [4.78, 5) is 12.3. The van der Waals surface area contributed by atoms with Crippen molar-refractivity contribution in [2.75, 3.05) is 13.7 Å². The number of hydrogen-bond donors (Lipinski definition) is 1. The van der Waals surface area contributed by atoms with Crippen molar-refractivity contribution in [2.45, 2.75) is 56.8 Å². The third-order valence-electron chi connectivity index (χ3n) is 6.36. The second-order valence-corrected chi connectivity index (χ2v) is 8.96. The van der Waals surface area contributed by atoms with E-state index in [1.54, 1.807) is 0 Å². The molecule has 7 heteroatoms. The normalized spacial score (nSPS) is 23.5. The van der Waals surface area contributed by atoms with Gasteiger partial charge in [0.05, 0.1) is 46.1 Å². The van der Waals surface area contributed by atoms with Crippen molar-refractivity contribution in [1.29, 1.82) is 0 Å². The number of carbonyl (C=O) groups is 1. The van der Waals surface area contributed by atoms with Crippen LogP contribution < -0.4 is 0 Å². The van der Waals surface area contributed by atoms with Gasteiger partial charge >= 0.3 is 5.97 Å². The lowest BCUT2D eigenvalue weighted by molar-refractivity contribution is -0.270. The molecule has 0 amide bonds. The lowest BCUT2D eigenvalue weighted by Crippen LogP contribution is -2.61. The van der Waals surface area contributed by atoms with Crippen molar-refractivity contribution in [2.24, 2.45) is 0 Å². The Bertz CT molecular complexity index is 1060. The molecule has 1 heterocycles. The molecule has 1 aliphatic heterocycles. The molecule has 196 valence electrons. The van der Waals surface area contributed by atoms with Crippen LogP contribution in [0, 0.1) is 0 Å². The molecule has 0 radical (unpaired) electrons. The van der Waals surface area contributed by atoms with Gasteiger partial charge in [0.15, 0.2) is 0 Å². The van der Waals surface area contributed by atoms with Crippen molar-refractivity contribution in [3.63, 3.8) is 0 Å². The van der Waals surface area contributed by atoms with Gasteiger partial charge in [-0.1, -0.05) is 91.0 Å². The zero-order valence-corrected chi connectivity index (χ0v) is 21.0. The van der Waals surface area contributed by atoms with Crippen LogP contribution >= 0.6 is 0 Å². The molecule has 4 rings (SSSR count). The van der Waals surface area contributed by atoms with Gasteiger partial charge in [0, 0.05) is 0 Å². The van der Waals surface area contributed by atoms with E-state index in [1.165, 1.54) is 7.11 Å². The lowest BCUT2D eigenvalue weighted by atomic mass is 9.92. The Morgan fingerprint density at radius 3 is 1.49 bits per heavy atom. The van der Waals surface area contributed by atoms with Crippen molar-refractivity contribution >= 4 is 5.97 Å². The highest BCUT2D eigenvalue weighted by molar-refractivity contribution is 5.69. The van der Waals surface area contributed by atoms with E-state index in [2.05, 4.69) is 0 Å². The fraction of sp³-hybridized carbons (Fsp3) is 0.367. The first-order chi connectivity index (χ1) is 18.2. The van der Waals surface area contributed by atoms with Crippen LogP contribution in [-0.2, 0) is 48.3 Å². The summed E-state index contributed by atoms with van der Waals surface area (Å²) in [6, 6.07) is 29.4. The highest BCUT2D eigenvalue weighted by atomic mass is 16.6. The Kier molecular flexibility index (Phi) is 10.2. The quantitative estimate of drug-likeness (QED) is 0.371. The monoisotopic (exact) mass is 506 g/mol. The van der Waals surface area contributed by atoms with Gasteiger partial charge < -0.3 is 28.8 Å². The predicted octanol–water partition coefficient (Wildman–Crippen LogP) is 4.07. The zero-order chi connectivity index (χ0) is 25.9. The van der Waals surface area contributed by atoms with Crippen molar-refractivity contribution < 1.29 is 33.6 Å².